The fraction of sp³-hybridized carbons (Fsp3) is 0.462. The average Bonchev–Trinajstić information content (AvgIpc) is 2.28. The summed E-state index contributed by atoms with van der Waals surface area (Å²) in [5, 5.41) is 3.08. The molecule has 0 saturated carbocycles. The van der Waals surface area contributed by atoms with Crippen LogP contribution in [0.2, 0.25) is 5.02 Å². The molecule has 0 fully saturated rings. The Morgan fingerprint density at radius 2 is 2.05 bits per heavy atom. The first-order valence-corrected chi connectivity index (χ1v) is 7.63. The minimum absolute atomic E-state index is 0.199. The first-order chi connectivity index (χ1) is 8.70. The van der Waals surface area contributed by atoms with Crippen LogP contribution in [0.15, 0.2) is 18.2 Å². The van der Waals surface area contributed by atoms with Crippen molar-refractivity contribution in [3.05, 3.63) is 23.2 Å². The van der Waals surface area contributed by atoms with Gasteiger partial charge in [0.05, 0.1) is 10.7 Å². The van der Waals surface area contributed by atoms with Gasteiger partial charge in [-0.15, -0.1) is 0 Å². The van der Waals surface area contributed by atoms with E-state index in [0.717, 1.165) is 0 Å². The van der Waals surface area contributed by atoms with E-state index in [0.29, 0.717) is 22.2 Å². The molecule has 0 aliphatic rings. The minimum atomic E-state index is -1.04. The van der Waals surface area contributed by atoms with E-state index < -0.39 is 10.8 Å². The van der Waals surface area contributed by atoms with Gasteiger partial charge in [0.1, 0.15) is 0 Å². The fourth-order valence-electron chi connectivity index (χ4n) is 1.34. The Kier molecular flexibility index (Phi) is 5.38. The second-order valence-electron chi connectivity index (χ2n) is 5.20. The predicted molar refractivity (Wildman–Crippen MR) is 81.9 cm³/mol. The highest BCUT2D eigenvalue weighted by molar-refractivity contribution is 7.86. The van der Waals surface area contributed by atoms with Crippen LogP contribution in [-0.4, -0.2) is 20.6 Å². The molecule has 6 heteroatoms. The van der Waals surface area contributed by atoms with Gasteiger partial charge in [0.25, 0.3) is 0 Å². The standard InChI is InChI=1S/C13H19ClN2O2S/c1-13(2,3)19(18)7-6-12(17)16-11-5-4-9(15)8-10(11)14/h4-5,8H,6-7,15H2,1-3H3,(H,16,17). The topological polar surface area (TPSA) is 72.2 Å². The van der Waals surface area contributed by atoms with Crippen LogP contribution in [0.25, 0.3) is 0 Å². The van der Waals surface area contributed by atoms with Gasteiger partial charge in [0, 0.05) is 33.4 Å². The molecule has 19 heavy (non-hydrogen) atoms. The minimum Gasteiger partial charge on any atom is -0.399 e. The Morgan fingerprint density at radius 1 is 1.42 bits per heavy atom. The van der Waals surface area contributed by atoms with Crippen molar-refractivity contribution in [2.24, 2.45) is 0 Å². The molecule has 0 bridgehead atoms. The van der Waals surface area contributed by atoms with Crippen LogP contribution in [0.5, 0.6) is 0 Å². The summed E-state index contributed by atoms with van der Waals surface area (Å²) in [5.74, 6) is 0.131. The Labute approximate surface area is 121 Å². The summed E-state index contributed by atoms with van der Waals surface area (Å²) in [5.41, 5.74) is 6.62. The molecule has 0 spiro atoms. The van der Waals surface area contributed by atoms with Crippen molar-refractivity contribution in [2.45, 2.75) is 31.9 Å². The zero-order valence-corrected chi connectivity index (χ0v) is 12.9. The molecule has 106 valence electrons. The molecule has 1 amide bonds. The maximum atomic E-state index is 11.8. The third-order valence-electron chi connectivity index (χ3n) is 2.46. The summed E-state index contributed by atoms with van der Waals surface area (Å²) in [4.78, 5) is 11.7. The lowest BCUT2D eigenvalue weighted by atomic mass is 10.2. The number of rotatable bonds is 4. The van der Waals surface area contributed by atoms with Crippen molar-refractivity contribution in [3.8, 4) is 0 Å². The number of nitrogens with two attached hydrogens (primary N) is 1. The first-order valence-electron chi connectivity index (χ1n) is 5.93. The zero-order valence-electron chi connectivity index (χ0n) is 11.3. The third-order valence-corrected chi connectivity index (χ3v) is 4.72. The molecule has 4 nitrogen and oxygen atoms in total. The van der Waals surface area contributed by atoms with Crippen molar-refractivity contribution in [3.63, 3.8) is 0 Å². The summed E-state index contributed by atoms with van der Waals surface area (Å²) in [6.07, 6.45) is 0.199. The fourth-order valence-corrected chi connectivity index (χ4v) is 2.56. The van der Waals surface area contributed by atoms with E-state index in [-0.39, 0.29) is 17.1 Å². The first kappa shape index (κ1) is 16.0. The van der Waals surface area contributed by atoms with Crippen LogP contribution in [0.3, 0.4) is 0 Å². The maximum Gasteiger partial charge on any atom is 0.225 e. The number of halogens is 1. The molecule has 1 aromatic carbocycles. The van der Waals surface area contributed by atoms with E-state index in [9.17, 15) is 9.00 Å². The normalized spacial score (nSPS) is 13.1. The second kappa shape index (κ2) is 6.39. The van der Waals surface area contributed by atoms with Gasteiger partial charge in [-0.25, -0.2) is 0 Å². The lowest BCUT2D eigenvalue weighted by molar-refractivity contribution is -0.115. The molecule has 0 aliphatic carbocycles. The highest BCUT2D eigenvalue weighted by Crippen LogP contribution is 2.24. The molecule has 3 N–H and O–H groups in total. The van der Waals surface area contributed by atoms with Crippen molar-refractivity contribution >= 4 is 39.7 Å². The molecule has 1 atom stereocenters. The van der Waals surface area contributed by atoms with Gasteiger partial charge in [-0.1, -0.05) is 11.6 Å². The number of carbonyl (C=O) groups is 1. The van der Waals surface area contributed by atoms with Crippen LogP contribution in [0.4, 0.5) is 11.4 Å². The summed E-state index contributed by atoms with van der Waals surface area (Å²) in [6, 6.07) is 4.88. The number of benzene rings is 1. The average molecular weight is 303 g/mol. The maximum absolute atomic E-state index is 11.8. The van der Waals surface area contributed by atoms with Gasteiger partial charge < -0.3 is 11.1 Å². The largest absolute Gasteiger partial charge is 0.399 e. The Bertz CT molecular complexity index is 498. The quantitative estimate of drug-likeness (QED) is 0.840. The van der Waals surface area contributed by atoms with Gasteiger partial charge >= 0.3 is 0 Å². The van der Waals surface area contributed by atoms with Crippen molar-refractivity contribution in [1.29, 1.82) is 0 Å². The van der Waals surface area contributed by atoms with Gasteiger partial charge in [0.2, 0.25) is 5.91 Å². The van der Waals surface area contributed by atoms with Gasteiger partial charge in [-0.2, -0.15) is 0 Å². The summed E-state index contributed by atoms with van der Waals surface area (Å²) in [6.45, 7) is 5.66. The van der Waals surface area contributed by atoms with Crippen molar-refractivity contribution in [1.82, 2.24) is 0 Å². The molecule has 0 aromatic heterocycles. The van der Waals surface area contributed by atoms with Crippen LogP contribution >= 0.6 is 11.6 Å². The molecular formula is C13H19ClN2O2S. The Hall–Kier alpha value is -1.07. The summed E-state index contributed by atoms with van der Waals surface area (Å²) in [7, 11) is -1.04. The van der Waals surface area contributed by atoms with E-state index in [2.05, 4.69) is 5.32 Å². The van der Waals surface area contributed by atoms with E-state index in [1.54, 1.807) is 18.2 Å². The van der Waals surface area contributed by atoms with Crippen molar-refractivity contribution in [2.75, 3.05) is 16.8 Å². The van der Waals surface area contributed by atoms with E-state index >= 15 is 0 Å². The molecule has 1 aromatic rings. The lowest BCUT2D eigenvalue weighted by Crippen LogP contribution is -2.26. The molecular weight excluding hydrogens is 284 g/mol. The Balaban J connectivity index is 2.54. The van der Waals surface area contributed by atoms with E-state index in [1.165, 1.54) is 0 Å². The van der Waals surface area contributed by atoms with E-state index in [4.69, 9.17) is 17.3 Å². The molecule has 0 radical (unpaired) electrons. The monoisotopic (exact) mass is 302 g/mol. The molecule has 0 aliphatic heterocycles. The number of nitrogen functional groups attached to an aromatic ring is 1. The number of hydrogen-bond donors (Lipinski definition) is 2. The highest BCUT2D eigenvalue weighted by Gasteiger charge is 2.20. The Morgan fingerprint density at radius 3 is 2.58 bits per heavy atom. The van der Waals surface area contributed by atoms with Crippen LogP contribution < -0.4 is 11.1 Å². The van der Waals surface area contributed by atoms with Gasteiger partial charge in [0.15, 0.2) is 0 Å². The second-order valence-corrected chi connectivity index (χ2v) is 7.93. The number of amides is 1. The van der Waals surface area contributed by atoms with E-state index in [1.807, 2.05) is 20.8 Å². The van der Waals surface area contributed by atoms with Gasteiger partial charge in [-0.05, 0) is 39.0 Å². The highest BCUT2D eigenvalue weighted by atomic mass is 35.5. The predicted octanol–water partition coefficient (Wildman–Crippen LogP) is 2.80. The lowest BCUT2D eigenvalue weighted by Gasteiger charge is -2.17. The van der Waals surface area contributed by atoms with Crippen molar-refractivity contribution < 1.29 is 9.00 Å². The summed E-state index contributed by atoms with van der Waals surface area (Å²) >= 11 is 5.95. The SMILES string of the molecule is CC(C)(C)S(=O)CCC(=O)Nc1ccc(N)cc1Cl. The number of nitrogens with one attached hydrogen (secondary N) is 1. The third kappa shape index (κ3) is 5.20. The smallest absolute Gasteiger partial charge is 0.225 e. The molecule has 0 heterocycles. The molecule has 1 rings (SSSR count). The van der Waals surface area contributed by atoms with Crippen LogP contribution in [0, 0.1) is 0 Å². The number of hydrogen-bond acceptors (Lipinski definition) is 3. The number of carbonyl (C=O) groups excluding carboxylic acids is 1. The summed E-state index contributed by atoms with van der Waals surface area (Å²) < 4.78 is 11.5. The molecule has 1 unspecified atom stereocenters. The number of anilines is 2. The zero-order chi connectivity index (χ0) is 14.6. The van der Waals surface area contributed by atoms with Gasteiger partial charge in [-0.3, -0.25) is 9.00 Å². The van der Waals surface area contributed by atoms with Crippen LogP contribution in [0.1, 0.15) is 27.2 Å². The molecule has 0 saturated heterocycles. The van der Waals surface area contributed by atoms with Crippen LogP contribution in [-0.2, 0) is 15.6 Å².